The van der Waals surface area contributed by atoms with Gasteiger partial charge in [0.1, 0.15) is 18.2 Å². The summed E-state index contributed by atoms with van der Waals surface area (Å²) in [4.78, 5) is 27.5. The summed E-state index contributed by atoms with van der Waals surface area (Å²) in [5.41, 5.74) is 14.8. The second-order valence-electron chi connectivity index (χ2n) is 8.64. The first-order valence-corrected chi connectivity index (χ1v) is 12.9. The molecular formula is C27H22ClN5O5S. The molecule has 0 unspecified atom stereocenters. The molecule has 3 aromatic heterocycles. The Morgan fingerprint density at radius 2 is 1.92 bits per heavy atom. The van der Waals surface area contributed by atoms with Crippen LogP contribution >= 0.6 is 22.9 Å². The van der Waals surface area contributed by atoms with Crippen LogP contribution in [0.5, 0.6) is 5.75 Å². The number of benzene rings is 2. The quantitative estimate of drug-likeness (QED) is 0.242. The predicted molar refractivity (Wildman–Crippen MR) is 147 cm³/mol. The number of primary amides is 1. The van der Waals surface area contributed by atoms with Crippen LogP contribution in [0.15, 0.2) is 58.5 Å². The number of esters is 1. The minimum Gasteiger partial charge on any atom is -0.489 e. The van der Waals surface area contributed by atoms with Crippen molar-refractivity contribution in [2.24, 2.45) is 5.73 Å². The molecule has 10 nitrogen and oxygen atoms in total. The summed E-state index contributed by atoms with van der Waals surface area (Å²) in [7, 11) is 0. The number of fused-ring (bicyclic) bond motifs is 1. The molecule has 5 aromatic rings. The molecule has 0 atom stereocenters. The molecule has 4 N–H and O–H groups in total. The number of nitrogens with zero attached hydrogens (tertiary/aromatic N) is 3. The van der Waals surface area contributed by atoms with Crippen molar-refractivity contribution in [2.45, 2.75) is 20.0 Å². The van der Waals surface area contributed by atoms with Crippen molar-refractivity contribution in [3.8, 4) is 17.2 Å². The van der Waals surface area contributed by atoms with E-state index in [2.05, 4.69) is 15.2 Å². The van der Waals surface area contributed by atoms with E-state index in [4.69, 9.17) is 37.0 Å². The summed E-state index contributed by atoms with van der Waals surface area (Å²) in [5, 5.41) is 11.4. The van der Waals surface area contributed by atoms with E-state index in [0.717, 1.165) is 16.7 Å². The Hall–Kier alpha value is -4.48. The Labute approximate surface area is 231 Å². The minimum atomic E-state index is -0.751. The third-order valence-corrected chi connectivity index (χ3v) is 7.13. The van der Waals surface area contributed by atoms with Crippen LogP contribution in [-0.2, 0) is 22.6 Å². The van der Waals surface area contributed by atoms with Gasteiger partial charge in [-0.15, -0.1) is 21.5 Å². The van der Waals surface area contributed by atoms with Gasteiger partial charge in [0.05, 0.1) is 16.7 Å². The van der Waals surface area contributed by atoms with Crippen LogP contribution in [0.2, 0.25) is 5.02 Å². The average molecular weight is 564 g/mol. The molecule has 0 aliphatic rings. The highest BCUT2D eigenvalue weighted by Crippen LogP contribution is 2.34. The van der Waals surface area contributed by atoms with Crippen LogP contribution in [0.25, 0.3) is 21.5 Å². The molecule has 0 spiro atoms. The topological polar surface area (TPSA) is 156 Å². The summed E-state index contributed by atoms with van der Waals surface area (Å²) in [6.45, 7) is 1.57. The number of hydrogen-bond donors (Lipinski definition) is 2. The lowest BCUT2D eigenvalue weighted by Gasteiger charge is -2.11. The van der Waals surface area contributed by atoms with E-state index < -0.39 is 18.5 Å². The van der Waals surface area contributed by atoms with Gasteiger partial charge < -0.3 is 25.4 Å². The van der Waals surface area contributed by atoms with Crippen molar-refractivity contribution in [3.05, 3.63) is 87.2 Å². The maximum atomic E-state index is 12.4. The van der Waals surface area contributed by atoms with Crippen LogP contribution in [0, 0.1) is 6.92 Å². The third kappa shape index (κ3) is 5.84. The third-order valence-electron chi connectivity index (χ3n) is 5.82. The number of nitrogen functional groups attached to an aromatic ring is 1. The van der Waals surface area contributed by atoms with Crippen LogP contribution < -0.4 is 16.2 Å². The van der Waals surface area contributed by atoms with Gasteiger partial charge in [-0.05, 0) is 47.7 Å². The molecule has 0 saturated carbocycles. The fourth-order valence-electron chi connectivity index (χ4n) is 3.86. The number of ether oxygens (including phenoxy) is 2. The molecule has 0 fully saturated rings. The molecular weight excluding hydrogens is 542 g/mol. The number of anilines is 1. The number of aryl methyl sites for hydroxylation is 1. The van der Waals surface area contributed by atoms with E-state index >= 15 is 0 Å². The first kappa shape index (κ1) is 26.1. The van der Waals surface area contributed by atoms with Crippen LogP contribution in [0.4, 0.5) is 5.82 Å². The Kier molecular flexibility index (Phi) is 7.44. The van der Waals surface area contributed by atoms with Crippen LogP contribution in [0.3, 0.4) is 0 Å². The first-order valence-electron chi connectivity index (χ1n) is 11.7. The first-order chi connectivity index (χ1) is 18.8. The zero-order valence-electron chi connectivity index (χ0n) is 20.6. The maximum absolute atomic E-state index is 12.4. The fourth-order valence-corrected chi connectivity index (χ4v) is 5.05. The van der Waals surface area contributed by atoms with Gasteiger partial charge in [0.2, 0.25) is 11.8 Å². The van der Waals surface area contributed by atoms with Crippen molar-refractivity contribution in [2.75, 3.05) is 12.3 Å². The van der Waals surface area contributed by atoms with Crippen molar-refractivity contribution in [1.29, 1.82) is 0 Å². The average Bonchev–Trinajstić information content (AvgIpc) is 3.56. The van der Waals surface area contributed by atoms with Crippen LogP contribution in [-0.4, -0.2) is 33.7 Å². The summed E-state index contributed by atoms with van der Waals surface area (Å²) < 4.78 is 17.6. The number of halogens is 1. The lowest BCUT2D eigenvalue weighted by atomic mass is 10.1. The molecule has 3 heterocycles. The van der Waals surface area contributed by atoms with E-state index in [1.54, 1.807) is 0 Å². The van der Waals surface area contributed by atoms with E-state index in [-0.39, 0.29) is 18.0 Å². The standard InChI is InChI=1S/C27H22ClN5O5S/c1-14-2-5-16(26-33-32-22(38-26)8-15-3-6-18(28)7-4-15)9-20(14)36-11-17-13-39-24-19(10-31-25(30)23(17)24)27(35)37-12-21(29)34/h2-7,9-10,13H,8,11-12H2,1H3,(H2,29,34)(H2,30,31). The van der Waals surface area contributed by atoms with E-state index in [0.29, 0.717) is 44.6 Å². The molecule has 5 rings (SSSR count). The molecule has 1 amide bonds. The lowest BCUT2D eigenvalue weighted by Crippen LogP contribution is -2.21. The van der Waals surface area contributed by atoms with Gasteiger partial charge >= 0.3 is 5.97 Å². The summed E-state index contributed by atoms with van der Waals surface area (Å²) in [6, 6.07) is 13.1. The number of carbonyl (C=O) groups is 2. The summed E-state index contributed by atoms with van der Waals surface area (Å²) in [6.07, 6.45) is 1.81. The number of carbonyl (C=O) groups excluding carboxylic acids is 2. The maximum Gasteiger partial charge on any atom is 0.341 e. The largest absolute Gasteiger partial charge is 0.489 e. The van der Waals surface area contributed by atoms with Gasteiger partial charge in [0.15, 0.2) is 6.61 Å². The van der Waals surface area contributed by atoms with Gasteiger partial charge in [0, 0.05) is 27.7 Å². The number of hydrogen-bond acceptors (Lipinski definition) is 10. The van der Waals surface area contributed by atoms with Gasteiger partial charge in [-0.1, -0.05) is 29.8 Å². The molecule has 0 radical (unpaired) electrons. The Morgan fingerprint density at radius 3 is 2.69 bits per heavy atom. The number of amides is 1. The normalized spacial score (nSPS) is 11.0. The van der Waals surface area contributed by atoms with E-state index in [1.807, 2.05) is 54.8 Å². The SMILES string of the molecule is Cc1ccc(-c2nnc(Cc3ccc(Cl)cc3)o2)cc1OCc1csc2c(C(=O)OCC(N)=O)cnc(N)c12. The molecule has 0 aliphatic heterocycles. The van der Waals surface area contributed by atoms with Crippen LogP contribution in [0.1, 0.15) is 32.9 Å². The molecule has 0 bridgehead atoms. The highest BCUT2D eigenvalue weighted by atomic mass is 35.5. The van der Waals surface area contributed by atoms with E-state index in [1.165, 1.54) is 17.5 Å². The number of aromatic nitrogens is 3. The van der Waals surface area contributed by atoms with Gasteiger partial charge in [-0.3, -0.25) is 4.79 Å². The van der Waals surface area contributed by atoms with E-state index in [9.17, 15) is 9.59 Å². The predicted octanol–water partition coefficient (Wildman–Crippen LogP) is 4.70. The van der Waals surface area contributed by atoms with Crippen molar-refractivity contribution < 1.29 is 23.5 Å². The van der Waals surface area contributed by atoms with Crippen molar-refractivity contribution >= 4 is 50.7 Å². The number of nitrogens with two attached hydrogens (primary N) is 2. The highest BCUT2D eigenvalue weighted by molar-refractivity contribution is 7.17. The van der Waals surface area contributed by atoms with Gasteiger partial charge in [-0.25, -0.2) is 9.78 Å². The minimum absolute atomic E-state index is 0.168. The van der Waals surface area contributed by atoms with Crippen molar-refractivity contribution in [3.63, 3.8) is 0 Å². The summed E-state index contributed by atoms with van der Waals surface area (Å²) in [5.74, 6) is 0.262. The van der Waals surface area contributed by atoms with Gasteiger partial charge in [-0.2, -0.15) is 0 Å². The smallest absolute Gasteiger partial charge is 0.341 e. The van der Waals surface area contributed by atoms with Gasteiger partial charge in [0.25, 0.3) is 5.91 Å². The molecule has 198 valence electrons. The molecule has 12 heteroatoms. The molecule has 0 aliphatic carbocycles. The highest BCUT2D eigenvalue weighted by Gasteiger charge is 2.20. The van der Waals surface area contributed by atoms with Crippen molar-refractivity contribution in [1.82, 2.24) is 15.2 Å². The number of rotatable bonds is 9. The number of thiophene rings is 1. The molecule has 0 saturated heterocycles. The Morgan fingerprint density at radius 1 is 1.13 bits per heavy atom. The fraction of sp³-hybridized carbons (Fsp3) is 0.148. The zero-order chi connectivity index (χ0) is 27.5. The second-order valence-corrected chi connectivity index (χ2v) is 9.95. The zero-order valence-corrected chi connectivity index (χ0v) is 22.2. The monoisotopic (exact) mass is 563 g/mol. The molecule has 2 aromatic carbocycles. The Balaban J connectivity index is 1.34. The Bertz CT molecular complexity index is 1680. The number of pyridine rings is 1. The second kappa shape index (κ2) is 11.1. The summed E-state index contributed by atoms with van der Waals surface area (Å²) >= 11 is 7.26. The lowest BCUT2D eigenvalue weighted by molar-refractivity contribution is -0.121. The molecule has 39 heavy (non-hydrogen) atoms.